The van der Waals surface area contributed by atoms with Gasteiger partial charge in [-0.1, -0.05) is 36.7 Å². The molecule has 1 aromatic heterocycles. The summed E-state index contributed by atoms with van der Waals surface area (Å²) in [6, 6.07) is 9.68. The van der Waals surface area contributed by atoms with Gasteiger partial charge in [-0.25, -0.2) is 13.2 Å². The molecule has 0 radical (unpaired) electrons. The SMILES string of the molecule is CCc1ccccc1NS(=O)(=O)c1cc2oc(=O)[nH]c2cc1Cl. The van der Waals surface area contributed by atoms with Gasteiger partial charge in [0.15, 0.2) is 5.58 Å². The largest absolute Gasteiger partial charge is 0.417 e. The van der Waals surface area contributed by atoms with Crippen LogP contribution < -0.4 is 10.5 Å². The van der Waals surface area contributed by atoms with E-state index < -0.39 is 15.8 Å². The number of aromatic amines is 1. The van der Waals surface area contributed by atoms with Crippen molar-refractivity contribution < 1.29 is 12.8 Å². The molecule has 0 saturated heterocycles. The summed E-state index contributed by atoms with van der Waals surface area (Å²) in [5, 5.41) is -0.00368. The summed E-state index contributed by atoms with van der Waals surface area (Å²) in [5.41, 5.74) is 1.82. The van der Waals surface area contributed by atoms with Gasteiger partial charge in [0, 0.05) is 6.07 Å². The normalized spacial score (nSPS) is 11.7. The highest BCUT2D eigenvalue weighted by molar-refractivity contribution is 7.92. The molecule has 0 unspecified atom stereocenters. The number of H-pyrrole nitrogens is 1. The molecule has 2 N–H and O–H groups in total. The van der Waals surface area contributed by atoms with Crippen LogP contribution in [0.2, 0.25) is 5.02 Å². The van der Waals surface area contributed by atoms with E-state index in [0.717, 1.165) is 5.56 Å². The Labute approximate surface area is 137 Å². The minimum Gasteiger partial charge on any atom is -0.408 e. The Kier molecular flexibility index (Phi) is 3.91. The predicted octanol–water partition coefficient (Wildman–Crippen LogP) is 3.14. The van der Waals surface area contributed by atoms with Gasteiger partial charge in [-0.05, 0) is 24.1 Å². The summed E-state index contributed by atoms with van der Waals surface area (Å²) in [7, 11) is -3.92. The number of aryl methyl sites for hydroxylation is 1. The Morgan fingerprint density at radius 1 is 1.26 bits per heavy atom. The Hall–Kier alpha value is -2.25. The van der Waals surface area contributed by atoms with E-state index in [9.17, 15) is 13.2 Å². The summed E-state index contributed by atoms with van der Waals surface area (Å²) < 4.78 is 32.6. The molecule has 0 saturated carbocycles. The zero-order valence-corrected chi connectivity index (χ0v) is 13.7. The molecular formula is C15H13ClN2O4S. The van der Waals surface area contributed by atoms with Gasteiger partial charge in [-0.2, -0.15) is 0 Å². The molecule has 2 aromatic carbocycles. The van der Waals surface area contributed by atoms with Crippen molar-refractivity contribution in [2.75, 3.05) is 4.72 Å². The molecule has 0 bridgehead atoms. The van der Waals surface area contributed by atoms with Crippen LogP contribution >= 0.6 is 11.6 Å². The first-order chi connectivity index (χ1) is 10.9. The molecule has 120 valence electrons. The third kappa shape index (κ3) is 2.97. The second kappa shape index (κ2) is 5.75. The van der Waals surface area contributed by atoms with Crippen LogP contribution in [0, 0.1) is 0 Å². The van der Waals surface area contributed by atoms with Gasteiger partial charge in [0.2, 0.25) is 0 Å². The minimum absolute atomic E-state index is 0.00368. The van der Waals surface area contributed by atoms with Crippen molar-refractivity contribution in [1.82, 2.24) is 4.98 Å². The number of benzene rings is 2. The Morgan fingerprint density at radius 2 is 2.00 bits per heavy atom. The summed E-state index contributed by atoms with van der Waals surface area (Å²) in [4.78, 5) is 13.5. The van der Waals surface area contributed by atoms with E-state index in [2.05, 4.69) is 9.71 Å². The van der Waals surface area contributed by atoms with E-state index in [1.165, 1.54) is 12.1 Å². The first kappa shape index (κ1) is 15.6. The van der Waals surface area contributed by atoms with E-state index in [1.807, 2.05) is 19.1 Å². The molecule has 1 heterocycles. The maximum Gasteiger partial charge on any atom is 0.417 e. The van der Waals surface area contributed by atoms with Crippen molar-refractivity contribution in [3.63, 3.8) is 0 Å². The highest BCUT2D eigenvalue weighted by atomic mass is 35.5. The predicted molar refractivity (Wildman–Crippen MR) is 88.5 cm³/mol. The summed E-state index contributed by atoms with van der Waals surface area (Å²) >= 11 is 6.05. The van der Waals surface area contributed by atoms with E-state index in [4.69, 9.17) is 16.0 Å². The van der Waals surface area contributed by atoms with Crippen LogP contribution in [-0.4, -0.2) is 13.4 Å². The van der Waals surface area contributed by atoms with Gasteiger partial charge in [-0.15, -0.1) is 0 Å². The number of fused-ring (bicyclic) bond motifs is 1. The molecule has 6 nitrogen and oxygen atoms in total. The number of oxazole rings is 1. The van der Waals surface area contributed by atoms with Crippen molar-refractivity contribution >= 4 is 38.4 Å². The number of rotatable bonds is 4. The van der Waals surface area contributed by atoms with Crippen LogP contribution in [0.1, 0.15) is 12.5 Å². The third-order valence-corrected chi connectivity index (χ3v) is 5.24. The molecule has 23 heavy (non-hydrogen) atoms. The summed E-state index contributed by atoms with van der Waals surface area (Å²) in [6.45, 7) is 1.93. The average Bonchev–Trinajstić information content (AvgIpc) is 2.85. The van der Waals surface area contributed by atoms with E-state index in [-0.39, 0.29) is 15.5 Å². The van der Waals surface area contributed by atoms with Crippen LogP contribution in [0.4, 0.5) is 5.69 Å². The highest BCUT2D eigenvalue weighted by Crippen LogP contribution is 2.28. The first-order valence-electron chi connectivity index (χ1n) is 6.84. The number of nitrogens with one attached hydrogen (secondary N) is 2. The Morgan fingerprint density at radius 3 is 2.74 bits per heavy atom. The van der Waals surface area contributed by atoms with Gasteiger partial charge in [0.25, 0.3) is 10.0 Å². The topological polar surface area (TPSA) is 92.2 Å². The quantitative estimate of drug-likeness (QED) is 0.754. The number of halogens is 1. The molecule has 0 spiro atoms. The molecule has 0 fully saturated rings. The maximum absolute atomic E-state index is 12.6. The lowest BCUT2D eigenvalue weighted by molar-refractivity contribution is 0.554. The summed E-state index contributed by atoms with van der Waals surface area (Å²) in [6.07, 6.45) is 0.679. The number of sulfonamides is 1. The van der Waals surface area contributed by atoms with Crippen LogP contribution in [0.15, 0.2) is 50.5 Å². The van der Waals surface area contributed by atoms with Crippen LogP contribution in [-0.2, 0) is 16.4 Å². The molecule has 0 atom stereocenters. The number of hydrogen-bond donors (Lipinski definition) is 2. The Balaban J connectivity index is 2.09. The van der Waals surface area contributed by atoms with E-state index in [1.54, 1.807) is 12.1 Å². The molecule has 0 aliphatic rings. The van der Waals surface area contributed by atoms with Gasteiger partial charge in [-0.3, -0.25) is 9.71 Å². The monoisotopic (exact) mass is 352 g/mol. The fourth-order valence-electron chi connectivity index (χ4n) is 2.29. The van der Waals surface area contributed by atoms with Crippen LogP contribution in [0.5, 0.6) is 0 Å². The van der Waals surface area contributed by atoms with Crippen molar-refractivity contribution in [1.29, 1.82) is 0 Å². The number of anilines is 1. The fourth-order valence-corrected chi connectivity index (χ4v) is 3.93. The zero-order chi connectivity index (χ0) is 16.6. The van der Waals surface area contributed by atoms with Gasteiger partial charge < -0.3 is 4.42 Å². The first-order valence-corrected chi connectivity index (χ1v) is 8.70. The molecule has 0 amide bonds. The lowest BCUT2D eigenvalue weighted by atomic mass is 10.1. The second-order valence-corrected chi connectivity index (χ2v) is 6.97. The van der Waals surface area contributed by atoms with Gasteiger partial charge in [0.1, 0.15) is 4.90 Å². The Bertz CT molecular complexity index is 1040. The molecule has 3 rings (SSSR count). The summed E-state index contributed by atoms with van der Waals surface area (Å²) in [5.74, 6) is -0.671. The van der Waals surface area contributed by atoms with E-state index >= 15 is 0 Å². The zero-order valence-electron chi connectivity index (χ0n) is 12.1. The van der Waals surface area contributed by atoms with Crippen molar-refractivity contribution in [3.8, 4) is 0 Å². The molecular weight excluding hydrogens is 340 g/mol. The lowest BCUT2D eigenvalue weighted by Crippen LogP contribution is -2.14. The highest BCUT2D eigenvalue weighted by Gasteiger charge is 2.21. The molecule has 3 aromatic rings. The standard InChI is InChI=1S/C15H13ClN2O4S/c1-2-9-5-3-4-6-11(9)18-23(20,21)14-8-13-12(7-10(14)16)17-15(19)22-13/h3-8,18H,2H2,1H3,(H,17,19). The molecule has 8 heteroatoms. The van der Waals surface area contributed by atoms with Gasteiger partial charge in [0.05, 0.1) is 16.2 Å². The lowest BCUT2D eigenvalue weighted by Gasteiger charge is -2.12. The second-order valence-electron chi connectivity index (χ2n) is 4.91. The number of hydrogen-bond acceptors (Lipinski definition) is 4. The van der Waals surface area contributed by atoms with Crippen LogP contribution in [0.25, 0.3) is 11.1 Å². The number of para-hydroxylation sites is 1. The van der Waals surface area contributed by atoms with Crippen molar-refractivity contribution in [2.24, 2.45) is 0 Å². The smallest absolute Gasteiger partial charge is 0.408 e. The average molecular weight is 353 g/mol. The third-order valence-electron chi connectivity index (χ3n) is 3.41. The fraction of sp³-hybridized carbons (Fsp3) is 0.133. The molecule has 0 aliphatic carbocycles. The van der Waals surface area contributed by atoms with Crippen LogP contribution in [0.3, 0.4) is 0 Å². The number of aromatic nitrogens is 1. The molecule has 0 aliphatic heterocycles. The van der Waals surface area contributed by atoms with Crippen molar-refractivity contribution in [3.05, 3.63) is 57.5 Å². The van der Waals surface area contributed by atoms with Crippen molar-refractivity contribution in [2.45, 2.75) is 18.2 Å². The van der Waals surface area contributed by atoms with Gasteiger partial charge >= 0.3 is 5.76 Å². The minimum atomic E-state index is -3.92. The maximum atomic E-state index is 12.6. The van der Waals surface area contributed by atoms with E-state index in [0.29, 0.717) is 17.6 Å².